The molecule has 3 aromatic rings. The first kappa shape index (κ1) is 18.6. The van der Waals surface area contributed by atoms with E-state index in [0.29, 0.717) is 28.1 Å². The summed E-state index contributed by atoms with van der Waals surface area (Å²) in [5, 5.41) is 14.4. The Hall–Kier alpha value is -3.15. The van der Waals surface area contributed by atoms with Crippen LogP contribution in [0, 0.1) is 6.92 Å². The number of aromatic nitrogens is 4. The maximum Gasteiger partial charge on any atom is 0.387 e. The van der Waals surface area contributed by atoms with Gasteiger partial charge in [0.1, 0.15) is 11.5 Å². The van der Waals surface area contributed by atoms with Crippen LogP contribution in [-0.2, 0) is 4.79 Å². The van der Waals surface area contributed by atoms with Crippen molar-refractivity contribution in [3.05, 3.63) is 36.1 Å². The van der Waals surface area contributed by atoms with Crippen LogP contribution in [0.2, 0.25) is 0 Å². The van der Waals surface area contributed by atoms with Gasteiger partial charge in [0, 0.05) is 11.6 Å². The zero-order chi connectivity index (χ0) is 19.4. The van der Waals surface area contributed by atoms with Gasteiger partial charge in [-0.3, -0.25) is 4.79 Å². The minimum absolute atomic E-state index is 0.0196. The zero-order valence-corrected chi connectivity index (χ0v) is 14.7. The fraction of sp³-hybridized carbons (Fsp3) is 0.200. The number of thioether (sulfide) groups is 1. The average molecular weight is 396 g/mol. The summed E-state index contributed by atoms with van der Waals surface area (Å²) in [4.78, 5) is 11.9. The summed E-state index contributed by atoms with van der Waals surface area (Å²) in [6, 6.07) is 7.39. The molecule has 2 heterocycles. The van der Waals surface area contributed by atoms with Crippen LogP contribution in [0.25, 0.3) is 11.4 Å². The van der Waals surface area contributed by atoms with Crippen molar-refractivity contribution in [3.63, 3.8) is 0 Å². The molecule has 0 fully saturated rings. The van der Waals surface area contributed by atoms with Crippen LogP contribution in [0.5, 0.6) is 5.75 Å². The molecule has 27 heavy (non-hydrogen) atoms. The maximum absolute atomic E-state index is 12.2. The fourth-order valence-electron chi connectivity index (χ4n) is 2.09. The number of nitrogens with zero attached hydrogens (tertiary/aromatic N) is 4. The fourth-order valence-corrected chi connectivity index (χ4v) is 2.75. The van der Waals surface area contributed by atoms with E-state index in [4.69, 9.17) is 10.4 Å². The lowest BCUT2D eigenvalue weighted by Crippen LogP contribution is -2.16. The predicted octanol–water partition coefficient (Wildman–Crippen LogP) is 2.29. The highest BCUT2D eigenvalue weighted by molar-refractivity contribution is 7.99. The van der Waals surface area contributed by atoms with E-state index in [2.05, 4.69) is 25.4 Å². The molecule has 3 N–H and O–H groups in total. The number of amides is 1. The Labute approximate surface area is 155 Å². The van der Waals surface area contributed by atoms with E-state index in [9.17, 15) is 13.6 Å². The quantitative estimate of drug-likeness (QED) is 0.461. The molecule has 0 aliphatic heterocycles. The van der Waals surface area contributed by atoms with Gasteiger partial charge in [-0.1, -0.05) is 16.9 Å². The van der Waals surface area contributed by atoms with Crippen LogP contribution in [0.4, 0.5) is 14.6 Å². The van der Waals surface area contributed by atoms with Gasteiger partial charge in [0.15, 0.2) is 11.6 Å². The second-order valence-corrected chi connectivity index (χ2v) is 6.18. The van der Waals surface area contributed by atoms with E-state index >= 15 is 0 Å². The Morgan fingerprint density at radius 1 is 1.37 bits per heavy atom. The summed E-state index contributed by atoms with van der Waals surface area (Å²) in [6.07, 6.45) is 0. The Morgan fingerprint density at radius 2 is 2.11 bits per heavy atom. The average Bonchev–Trinajstić information content (AvgIpc) is 3.19. The van der Waals surface area contributed by atoms with Crippen molar-refractivity contribution in [2.24, 2.45) is 0 Å². The molecule has 0 spiro atoms. The van der Waals surface area contributed by atoms with Crippen molar-refractivity contribution in [3.8, 4) is 17.1 Å². The molecule has 0 aliphatic carbocycles. The first-order valence-corrected chi connectivity index (χ1v) is 8.52. The van der Waals surface area contributed by atoms with Crippen LogP contribution < -0.4 is 15.9 Å². The van der Waals surface area contributed by atoms with E-state index in [-0.39, 0.29) is 17.4 Å². The number of hydrogen-bond acceptors (Lipinski definition) is 8. The summed E-state index contributed by atoms with van der Waals surface area (Å²) in [6.45, 7) is -1.19. The van der Waals surface area contributed by atoms with Crippen LogP contribution in [-0.4, -0.2) is 38.3 Å². The number of alkyl halides is 2. The lowest BCUT2D eigenvalue weighted by molar-refractivity contribution is -0.113. The maximum atomic E-state index is 12.2. The Balaban J connectivity index is 1.62. The molecule has 9 nitrogen and oxygen atoms in total. The number of ether oxygens (including phenoxy) is 1. The molecule has 0 unspecified atom stereocenters. The van der Waals surface area contributed by atoms with Crippen molar-refractivity contribution in [1.29, 1.82) is 0 Å². The normalized spacial score (nSPS) is 11.0. The largest absolute Gasteiger partial charge is 0.435 e. The minimum atomic E-state index is -2.90. The molecule has 3 rings (SSSR count). The smallest absolute Gasteiger partial charge is 0.387 e. The van der Waals surface area contributed by atoms with Gasteiger partial charge in [0.05, 0.1) is 5.75 Å². The molecule has 2 aromatic heterocycles. The Kier molecular flexibility index (Phi) is 5.54. The van der Waals surface area contributed by atoms with Crippen LogP contribution in [0.3, 0.4) is 0 Å². The van der Waals surface area contributed by atoms with Gasteiger partial charge in [0.2, 0.25) is 11.1 Å². The number of rotatable bonds is 7. The highest BCUT2D eigenvalue weighted by atomic mass is 32.2. The molecule has 12 heteroatoms. The number of nitrogen functional groups attached to an aromatic ring is 1. The van der Waals surface area contributed by atoms with E-state index < -0.39 is 6.61 Å². The Morgan fingerprint density at radius 3 is 2.74 bits per heavy atom. The number of nitrogens with two attached hydrogens (primary N) is 1. The highest BCUT2D eigenvalue weighted by Gasteiger charge is 2.15. The van der Waals surface area contributed by atoms with Crippen molar-refractivity contribution in [2.45, 2.75) is 18.7 Å². The predicted molar refractivity (Wildman–Crippen MR) is 92.8 cm³/mol. The van der Waals surface area contributed by atoms with E-state index in [1.54, 1.807) is 13.0 Å². The molecule has 0 atom stereocenters. The standard InChI is InChI=1S/C15H14F2N6O3S/c1-8-6-11(22-26-8)19-12(24)7-27-15-21-20-13(23(15)18)9-2-4-10(5-3-9)25-14(16)17/h2-6,14H,7,18H2,1H3,(H,19,22,24). The molecule has 0 radical (unpaired) electrons. The van der Waals surface area contributed by atoms with E-state index in [1.165, 1.54) is 28.9 Å². The molecule has 0 saturated heterocycles. The molecule has 0 aliphatic rings. The highest BCUT2D eigenvalue weighted by Crippen LogP contribution is 2.24. The summed E-state index contributed by atoms with van der Waals surface area (Å²) >= 11 is 1.08. The number of nitrogens with one attached hydrogen (secondary N) is 1. The third kappa shape index (κ3) is 4.73. The lowest BCUT2D eigenvalue weighted by Gasteiger charge is -2.06. The number of hydrogen-bond donors (Lipinski definition) is 2. The SMILES string of the molecule is Cc1cc(NC(=O)CSc2nnc(-c3ccc(OC(F)F)cc3)n2N)no1. The first-order chi connectivity index (χ1) is 12.9. The van der Waals surface area contributed by atoms with Crippen molar-refractivity contribution < 1.29 is 22.8 Å². The van der Waals surface area contributed by atoms with Crippen molar-refractivity contribution in [1.82, 2.24) is 20.0 Å². The third-order valence-corrected chi connectivity index (χ3v) is 4.17. The number of halogens is 2. The minimum Gasteiger partial charge on any atom is -0.435 e. The number of aryl methyl sites for hydroxylation is 1. The Bertz CT molecular complexity index is 928. The molecule has 1 aromatic carbocycles. The summed E-state index contributed by atoms with van der Waals surface area (Å²) in [7, 11) is 0. The molecular formula is C15H14F2N6O3S. The van der Waals surface area contributed by atoms with E-state index in [1.807, 2.05) is 0 Å². The van der Waals surface area contributed by atoms with Gasteiger partial charge in [-0.05, 0) is 31.2 Å². The molecule has 1 amide bonds. The zero-order valence-electron chi connectivity index (χ0n) is 13.9. The van der Waals surface area contributed by atoms with Gasteiger partial charge in [0.25, 0.3) is 0 Å². The van der Waals surface area contributed by atoms with Gasteiger partial charge in [-0.15, -0.1) is 10.2 Å². The number of carbonyl (C=O) groups is 1. The van der Waals surface area contributed by atoms with Crippen molar-refractivity contribution >= 4 is 23.5 Å². The van der Waals surface area contributed by atoms with E-state index in [0.717, 1.165) is 11.8 Å². The summed E-state index contributed by atoms with van der Waals surface area (Å²) < 4.78 is 34.7. The van der Waals surface area contributed by atoms with Crippen molar-refractivity contribution in [2.75, 3.05) is 16.9 Å². The van der Waals surface area contributed by atoms with Crippen LogP contribution in [0.1, 0.15) is 5.76 Å². The van der Waals surface area contributed by atoms with Gasteiger partial charge in [-0.2, -0.15) is 8.78 Å². The molecular weight excluding hydrogens is 382 g/mol. The molecule has 0 saturated carbocycles. The molecule has 142 valence electrons. The van der Waals surface area contributed by atoms with Crippen LogP contribution in [0.15, 0.2) is 40.0 Å². The number of anilines is 1. The van der Waals surface area contributed by atoms with Gasteiger partial charge >= 0.3 is 6.61 Å². The molecule has 0 bridgehead atoms. The number of benzene rings is 1. The van der Waals surface area contributed by atoms with Crippen LogP contribution >= 0.6 is 11.8 Å². The topological polar surface area (TPSA) is 121 Å². The van der Waals surface area contributed by atoms with Gasteiger partial charge < -0.3 is 20.4 Å². The second kappa shape index (κ2) is 8.03. The number of carbonyl (C=O) groups excluding carboxylic acids is 1. The monoisotopic (exact) mass is 396 g/mol. The lowest BCUT2D eigenvalue weighted by atomic mass is 10.2. The second-order valence-electron chi connectivity index (χ2n) is 5.24. The third-order valence-electron chi connectivity index (χ3n) is 3.23. The summed E-state index contributed by atoms with van der Waals surface area (Å²) in [5.41, 5.74) is 0.556. The summed E-state index contributed by atoms with van der Waals surface area (Å²) in [5.74, 6) is 6.90. The van der Waals surface area contributed by atoms with Gasteiger partial charge in [-0.25, -0.2) is 4.68 Å². The first-order valence-electron chi connectivity index (χ1n) is 7.54.